The fourth-order valence-electron chi connectivity index (χ4n) is 2.26. The van der Waals surface area contributed by atoms with Crippen LogP contribution in [0.4, 0.5) is 0 Å². The summed E-state index contributed by atoms with van der Waals surface area (Å²) in [6, 6.07) is 7.51. The second-order valence-electron chi connectivity index (χ2n) is 5.02. The van der Waals surface area contributed by atoms with E-state index in [1.807, 2.05) is 29.2 Å². The van der Waals surface area contributed by atoms with Crippen molar-refractivity contribution in [2.75, 3.05) is 26.2 Å². The third kappa shape index (κ3) is 4.63. The largest absolute Gasteiger partial charge is 0.339 e. The molecule has 0 aliphatic carbocycles. The minimum atomic E-state index is -0.400. The van der Waals surface area contributed by atoms with Crippen LogP contribution in [0.5, 0.6) is 0 Å². The Morgan fingerprint density at radius 1 is 1.25 bits per heavy atom. The normalized spacial score (nSPS) is 17.4. The van der Waals surface area contributed by atoms with E-state index >= 15 is 0 Å². The van der Waals surface area contributed by atoms with Gasteiger partial charge in [-0.3, -0.25) is 9.69 Å². The average molecular weight is 318 g/mol. The molecule has 0 spiro atoms. The van der Waals surface area contributed by atoms with E-state index in [0.717, 1.165) is 37.7 Å². The molecule has 0 radical (unpaired) electrons. The van der Waals surface area contributed by atoms with E-state index in [-0.39, 0.29) is 18.3 Å². The minimum absolute atomic E-state index is 0. The van der Waals surface area contributed by atoms with Gasteiger partial charge < -0.3 is 10.6 Å². The molecule has 1 aromatic rings. The highest BCUT2D eigenvalue weighted by molar-refractivity contribution is 6.30. The molecule has 2 N–H and O–H groups in total. The Kier molecular flexibility index (Phi) is 6.76. The van der Waals surface area contributed by atoms with E-state index in [4.69, 9.17) is 17.3 Å². The highest BCUT2D eigenvalue weighted by atomic mass is 35.5. The molecule has 0 aromatic heterocycles. The number of benzene rings is 1. The Hall–Kier alpha value is -0.810. The zero-order chi connectivity index (χ0) is 13.8. The topological polar surface area (TPSA) is 49.6 Å². The fourth-order valence-corrected chi connectivity index (χ4v) is 2.39. The van der Waals surface area contributed by atoms with Crippen LogP contribution < -0.4 is 5.73 Å². The molecule has 1 aliphatic heterocycles. The molecular weight excluding hydrogens is 297 g/mol. The summed E-state index contributed by atoms with van der Waals surface area (Å²) in [5, 5.41) is 0.760. The third-order valence-electron chi connectivity index (χ3n) is 3.39. The molecule has 20 heavy (non-hydrogen) atoms. The lowest BCUT2D eigenvalue weighted by Crippen LogP contribution is -2.52. The number of halogens is 2. The van der Waals surface area contributed by atoms with Gasteiger partial charge in [0.05, 0.1) is 6.04 Å². The summed E-state index contributed by atoms with van der Waals surface area (Å²) in [5.74, 6) is 0.0474. The maximum Gasteiger partial charge on any atom is 0.239 e. The number of hydrogen-bond acceptors (Lipinski definition) is 3. The predicted octanol–water partition coefficient (Wildman–Crippen LogP) is 1.75. The lowest BCUT2D eigenvalue weighted by molar-refractivity contribution is -0.134. The van der Waals surface area contributed by atoms with Gasteiger partial charge in [0.1, 0.15) is 0 Å². The van der Waals surface area contributed by atoms with Crippen molar-refractivity contribution in [2.24, 2.45) is 5.73 Å². The number of hydrogen-bond donors (Lipinski definition) is 1. The Morgan fingerprint density at radius 3 is 2.30 bits per heavy atom. The van der Waals surface area contributed by atoms with Gasteiger partial charge in [0.2, 0.25) is 5.91 Å². The Bertz CT molecular complexity index is 429. The van der Waals surface area contributed by atoms with Gasteiger partial charge >= 0.3 is 0 Å². The molecule has 1 amide bonds. The summed E-state index contributed by atoms with van der Waals surface area (Å²) in [6.07, 6.45) is 0. The van der Waals surface area contributed by atoms with Crippen LogP contribution in [0, 0.1) is 0 Å². The van der Waals surface area contributed by atoms with Gasteiger partial charge in [-0.1, -0.05) is 23.7 Å². The molecule has 0 saturated carbocycles. The molecule has 6 heteroatoms. The van der Waals surface area contributed by atoms with E-state index < -0.39 is 6.04 Å². The highest BCUT2D eigenvalue weighted by Crippen LogP contribution is 2.13. The number of amides is 1. The Morgan fingerprint density at radius 2 is 1.80 bits per heavy atom. The molecule has 1 atom stereocenters. The standard InChI is InChI=1S/C14H20ClN3O.ClH/c1-11(16)14(19)18-8-6-17(7-9-18)10-12-2-4-13(15)5-3-12;/h2-5,11H,6-10,16H2,1H3;1H. The zero-order valence-corrected chi connectivity index (χ0v) is 13.2. The van der Waals surface area contributed by atoms with Gasteiger partial charge in [0, 0.05) is 37.7 Å². The summed E-state index contributed by atoms with van der Waals surface area (Å²) in [7, 11) is 0. The van der Waals surface area contributed by atoms with E-state index in [0.29, 0.717) is 0 Å². The number of carbonyl (C=O) groups excluding carboxylic acids is 1. The lowest BCUT2D eigenvalue weighted by atomic mass is 10.2. The van der Waals surface area contributed by atoms with Crippen molar-refractivity contribution < 1.29 is 4.79 Å². The van der Waals surface area contributed by atoms with Gasteiger partial charge in [-0.25, -0.2) is 0 Å². The van der Waals surface area contributed by atoms with E-state index in [1.165, 1.54) is 5.56 Å². The lowest BCUT2D eigenvalue weighted by Gasteiger charge is -2.35. The molecule has 1 aromatic carbocycles. The maximum absolute atomic E-state index is 11.8. The van der Waals surface area contributed by atoms with Crippen molar-refractivity contribution >= 4 is 29.9 Å². The predicted molar refractivity (Wildman–Crippen MR) is 84.2 cm³/mol. The van der Waals surface area contributed by atoms with Crippen LogP contribution in [-0.4, -0.2) is 47.9 Å². The molecule has 1 unspecified atom stereocenters. The van der Waals surface area contributed by atoms with Crippen LogP contribution in [0.25, 0.3) is 0 Å². The quantitative estimate of drug-likeness (QED) is 0.924. The second-order valence-corrected chi connectivity index (χ2v) is 5.45. The molecule has 0 bridgehead atoms. The van der Waals surface area contributed by atoms with Crippen LogP contribution in [0.1, 0.15) is 12.5 Å². The molecule has 1 saturated heterocycles. The summed E-state index contributed by atoms with van der Waals surface area (Å²) in [5.41, 5.74) is 6.87. The molecule has 4 nitrogen and oxygen atoms in total. The van der Waals surface area contributed by atoms with Gasteiger partial charge in [0.25, 0.3) is 0 Å². The van der Waals surface area contributed by atoms with Crippen molar-refractivity contribution in [2.45, 2.75) is 19.5 Å². The summed E-state index contributed by atoms with van der Waals surface area (Å²) in [6.45, 7) is 5.93. The van der Waals surface area contributed by atoms with Gasteiger partial charge in [-0.15, -0.1) is 12.4 Å². The molecule has 112 valence electrons. The van der Waals surface area contributed by atoms with E-state index in [2.05, 4.69) is 4.90 Å². The molecular formula is C14H21Cl2N3O. The summed E-state index contributed by atoms with van der Waals surface area (Å²) >= 11 is 5.87. The van der Waals surface area contributed by atoms with Crippen molar-refractivity contribution in [1.29, 1.82) is 0 Å². The smallest absolute Gasteiger partial charge is 0.239 e. The first-order valence-electron chi connectivity index (χ1n) is 6.57. The first kappa shape index (κ1) is 17.2. The van der Waals surface area contributed by atoms with Crippen LogP contribution in [0.15, 0.2) is 24.3 Å². The van der Waals surface area contributed by atoms with Crippen LogP contribution in [0.3, 0.4) is 0 Å². The Balaban J connectivity index is 0.00000200. The zero-order valence-electron chi connectivity index (χ0n) is 11.6. The first-order chi connectivity index (χ1) is 9.06. The molecule has 1 aliphatic rings. The molecule has 1 heterocycles. The van der Waals surface area contributed by atoms with Gasteiger partial charge in [-0.05, 0) is 24.6 Å². The van der Waals surface area contributed by atoms with Crippen LogP contribution >= 0.6 is 24.0 Å². The second kappa shape index (κ2) is 7.84. The number of nitrogens with two attached hydrogens (primary N) is 1. The van der Waals surface area contributed by atoms with Crippen molar-refractivity contribution in [3.05, 3.63) is 34.9 Å². The van der Waals surface area contributed by atoms with E-state index in [1.54, 1.807) is 6.92 Å². The van der Waals surface area contributed by atoms with Gasteiger partial charge in [0.15, 0.2) is 0 Å². The SMILES string of the molecule is CC(N)C(=O)N1CCN(Cc2ccc(Cl)cc2)CC1.Cl. The van der Waals surface area contributed by atoms with Crippen molar-refractivity contribution in [3.8, 4) is 0 Å². The number of rotatable bonds is 3. The number of nitrogens with zero attached hydrogens (tertiary/aromatic N) is 2. The van der Waals surface area contributed by atoms with E-state index in [9.17, 15) is 4.79 Å². The van der Waals surface area contributed by atoms with Gasteiger partial charge in [-0.2, -0.15) is 0 Å². The average Bonchev–Trinajstić information content (AvgIpc) is 2.41. The van der Waals surface area contributed by atoms with Crippen LogP contribution in [-0.2, 0) is 11.3 Å². The van der Waals surface area contributed by atoms with Crippen molar-refractivity contribution in [3.63, 3.8) is 0 Å². The van der Waals surface area contributed by atoms with Crippen LogP contribution in [0.2, 0.25) is 5.02 Å². The summed E-state index contributed by atoms with van der Waals surface area (Å²) < 4.78 is 0. The number of carbonyl (C=O) groups is 1. The fraction of sp³-hybridized carbons (Fsp3) is 0.500. The number of piperazine rings is 1. The first-order valence-corrected chi connectivity index (χ1v) is 6.95. The van der Waals surface area contributed by atoms with Crippen molar-refractivity contribution in [1.82, 2.24) is 9.80 Å². The third-order valence-corrected chi connectivity index (χ3v) is 3.64. The highest BCUT2D eigenvalue weighted by Gasteiger charge is 2.22. The Labute approximate surface area is 131 Å². The molecule has 1 fully saturated rings. The monoisotopic (exact) mass is 317 g/mol. The maximum atomic E-state index is 11.8. The minimum Gasteiger partial charge on any atom is -0.339 e. The molecule has 2 rings (SSSR count). The summed E-state index contributed by atoms with van der Waals surface area (Å²) in [4.78, 5) is 16.0.